The molecule has 1 amide bonds. The number of carbonyl (C=O) groups excluding carboxylic acids is 2. The zero-order valence-corrected chi connectivity index (χ0v) is 13.8. The van der Waals surface area contributed by atoms with Crippen molar-refractivity contribution in [2.45, 2.75) is 26.3 Å². The standard InChI is InChI=1S/C19H20N2O2/c1-19(2,3)21(4)18(23)15-9-7-8-14(12-15)16-10-5-6-11-17(16)20-13-22/h5-12H,1-4H3. The van der Waals surface area contributed by atoms with Gasteiger partial charge in [0.2, 0.25) is 6.08 Å². The average Bonchev–Trinajstić information content (AvgIpc) is 2.53. The van der Waals surface area contributed by atoms with E-state index < -0.39 is 0 Å². The van der Waals surface area contributed by atoms with E-state index in [1.165, 1.54) is 0 Å². The van der Waals surface area contributed by atoms with Crippen LogP contribution in [-0.2, 0) is 4.79 Å². The van der Waals surface area contributed by atoms with Gasteiger partial charge in [-0.05, 0) is 44.5 Å². The van der Waals surface area contributed by atoms with E-state index in [1.54, 1.807) is 30.2 Å². The van der Waals surface area contributed by atoms with Gasteiger partial charge in [0.25, 0.3) is 5.91 Å². The average molecular weight is 308 g/mol. The molecule has 0 radical (unpaired) electrons. The normalized spacial score (nSPS) is 10.8. The SMILES string of the molecule is CN(C(=O)c1cccc(-c2ccccc2N=C=O)c1)C(C)(C)C. The number of carbonyl (C=O) groups is 1. The summed E-state index contributed by atoms with van der Waals surface area (Å²) < 4.78 is 0. The quantitative estimate of drug-likeness (QED) is 0.630. The molecule has 0 unspecified atom stereocenters. The van der Waals surface area contributed by atoms with E-state index in [4.69, 9.17) is 0 Å². The number of amides is 1. The molecule has 23 heavy (non-hydrogen) atoms. The third-order valence-electron chi connectivity index (χ3n) is 3.80. The Morgan fingerprint density at radius 1 is 1.09 bits per heavy atom. The second kappa shape index (κ2) is 6.59. The van der Waals surface area contributed by atoms with Crippen molar-refractivity contribution in [3.8, 4) is 11.1 Å². The van der Waals surface area contributed by atoms with Gasteiger partial charge in [0.1, 0.15) is 0 Å². The number of rotatable bonds is 3. The van der Waals surface area contributed by atoms with Crippen LogP contribution in [0.1, 0.15) is 31.1 Å². The summed E-state index contributed by atoms with van der Waals surface area (Å²) in [6, 6.07) is 14.6. The molecule has 0 heterocycles. The van der Waals surface area contributed by atoms with Crippen LogP contribution in [-0.4, -0.2) is 29.5 Å². The van der Waals surface area contributed by atoms with Gasteiger partial charge < -0.3 is 4.90 Å². The van der Waals surface area contributed by atoms with Crippen LogP contribution in [0, 0.1) is 0 Å². The van der Waals surface area contributed by atoms with Gasteiger partial charge in [0.05, 0.1) is 5.69 Å². The highest BCUT2D eigenvalue weighted by molar-refractivity contribution is 5.96. The summed E-state index contributed by atoms with van der Waals surface area (Å²) >= 11 is 0. The highest BCUT2D eigenvalue weighted by atomic mass is 16.2. The van der Waals surface area contributed by atoms with Crippen molar-refractivity contribution in [1.82, 2.24) is 4.90 Å². The molecule has 2 aromatic carbocycles. The lowest BCUT2D eigenvalue weighted by Crippen LogP contribution is -2.42. The Morgan fingerprint density at radius 3 is 2.43 bits per heavy atom. The zero-order valence-electron chi connectivity index (χ0n) is 13.8. The lowest BCUT2D eigenvalue weighted by atomic mass is 9.99. The van der Waals surface area contributed by atoms with E-state index >= 15 is 0 Å². The molecule has 2 aromatic rings. The lowest BCUT2D eigenvalue weighted by molar-refractivity contribution is 0.0656. The van der Waals surface area contributed by atoms with Gasteiger partial charge in [-0.25, -0.2) is 4.79 Å². The summed E-state index contributed by atoms with van der Waals surface area (Å²) in [6.07, 6.45) is 1.57. The van der Waals surface area contributed by atoms with Crippen LogP contribution < -0.4 is 0 Å². The van der Waals surface area contributed by atoms with Gasteiger partial charge >= 0.3 is 0 Å². The Morgan fingerprint density at radius 2 is 1.78 bits per heavy atom. The van der Waals surface area contributed by atoms with Crippen molar-refractivity contribution in [2.24, 2.45) is 4.99 Å². The van der Waals surface area contributed by atoms with Gasteiger partial charge in [0, 0.05) is 23.7 Å². The molecule has 0 N–H and O–H groups in total. The minimum atomic E-state index is -0.257. The van der Waals surface area contributed by atoms with E-state index in [2.05, 4.69) is 4.99 Å². The molecule has 0 aliphatic carbocycles. The predicted octanol–water partition coefficient (Wildman–Crippen LogP) is 4.19. The van der Waals surface area contributed by atoms with Crippen LogP contribution in [0.5, 0.6) is 0 Å². The molecule has 0 atom stereocenters. The monoisotopic (exact) mass is 308 g/mol. The van der Waals surface area contributed by atoms with E-state index in [0.717, 1.165) is 11.1 Å². The molecule has 118 valence electrons. The molecular formula is C19H20N2O2. The molecule has 0 bridgehead atoms. The first-order valence-corrected chi connectivity index (χ1v) is 7.40. The number of isocyanates is 1. The van der Waals surface area contributed by atoms with Crippen molar-refractivity contribution in [3.63, 3.8) is 0 Å². The minimum Gasteiger partial charge on any atom is -0.337 e. The highest BCUT2D eigenvalue weighted by Crippen LogP contribution is 2.30. The summed E-state index contributed by atoms with van der Waals surface area (Å²) in [5, 5.41) is 0. The molecular weight excluding hydrogens is 288 g/mol. The molecule has 2 rings (SSSR count). The number of hydrogen-bond acceptors (Lipinski definition) is 3. The third-order valence-corrected chi connectivity index (χ3v) is 3.80. The molecule has 4 heteroatoms. The number of benzene rings is 2. The zero-order chi connectivity index (χ0) is 17.0. The van der Waals surface area contributed by atoms with E-state index in [0.29, 0.717) is 11.3 Å². The molecule has 0 fully saturated rings. The first kappa shape index (κ1) is 16.7. The van der Waals surface area contributed by atoms with Gasteiger partial charge in [-0.2, -0.15) is 4.99 Å². The molecule has 0 aliphatic heterocycles. The molecule has 0 aliphatic rings. The van der Waals surface area contributed by atoms with Crippen LogP contribution in [0.15, 0.2) is 53.5 Å². The first-order valence-electron chi connectivity index (χ1n) is 7.40. The Balaban J connectivity index is 2.46. The van der Waals surface area contributed by atoms with Gasteiger partial charge in [-0.15, -0.1) is 0 Å². The maximum absolute atomic E-state index is 12.6. The fourth-order valence-electron chi connectivity index (χ4n) is 2.18. The van der Waals surface area contributed by atoms with Crippen LogP contribution >= 0.6 is 0 Å². The summed E-state index contributed by atoms with van der Waals surface area (Å²) in [4.78, 5) is 28.6. The molecule has 0 spiro atoms. The second-order valence-electron chi connectivity index (χ2n) is 6.34. The van der Waals surface area contributed by atoms with Crippen molar-refractivity contribution >= 4 is 17.7 Å². The number of nitrogens with zero attached hydrogens (tertiary/aromatic N) is 2. The first-order chi connectivity index (χ1) is 10.8. The smallest absolute Gasteiger partial charge is 0.254 e. The van der Waals surface area contributed by atoms with Crippen LogP contribution in [0.25, 0.3) is 11.1 Å². The van der Waals surface area contributed by atoms with E-state index in [1.807, 2.05) is 57.2 Å². The minimum absolute atomic E-state index is 0.0456. The van der Waals surface area contributed by atoms with Crippen LogP contribution in [0.3, 0.4) is 0 Å². The summed E-state index contributed by atoms with van der Waals surface area (Å²) in [6.45, 7) is 5.97. The van der Waals surface area contributed by atoms with Gasteiger partial charge in [0.15, 0.2) is 0 Å². The van der Waals surface area contributed by atoms with E-state index in [-0.39, 0.29) is 11.4 Å². The molecule has 4 nitrogen and oxygen atoms in total. The molecule has 0 saturated heterocycles. The van der Waals surface area contributed by atoms with Crippen molar-refractivity contribution in [3.05, 3.63) is 54.1 Å². The Kier molecular flexibility index (Phi) is 4.77. The third kappa shape index (κ3) is 3.74. The maximum Gasteiger partial charge on any atom is 0.254 e. The number of aliphatic imine (C=N–C) groups is 1. The summed E-state index contributed by atoms with van der Waals surface area (Å²) in [7, 11) is 1.79. The van der Waals surface area contributed by atoms with Crippen LogP contribution in [0.4, 0.5) is 5.69 Å². The predicted molar refractivity (Wildman–Crippen MR) is 91.5 cm³/mol. The van der Waals surface area contributed by atoms with Gasteiger partial charge in [-0.1, -0.05) is 30.3 Å². The Labute approximate surface area is 136 Å². The summed E-state index contributed by atoms with van der Waals surface area (Å²) in [5.41, 5.74) is 2.52. The Hall–Kier alpha value is -2.71. The van der Waals surface area contributed by atoms with Gasteiger partial charge in [-0.3, -0.25) is 4.79 Å². The second-order valence-corrected chi connectivity index (χ2v) is 6.34. The van der Waals surface area contributed by atoms with Crippen molar-refractivity contribution < 1.29 is 9.59 Å². The maximum atomic E-state index is 12.6. The fourth-order valence-corrected chi connectivity index (χ4v) is 2.18. The molecule has 0 saturated carbocycles. The van der Waals surface area contributed by atoms with Crippen LogP contribution in [0.2, 0.25) is 0 Å². The van der Waals surface area contributed by atoms with Crippen molar-refractivity contribution in [1.29, 1.82) is 0 Å². The van der Waals surface area contributed by atoms with Crippen molar-refractivity contribution in [2.75, 3.05) is 7.05 Å². The fraction of sp³-hybridized carbons (Fsp3) is 0.263. The highest BCUT2D eigenvalue weighted by Gasteiger charge is 2.23. The number of para-hydroxylation sites is 1. The summed E-state index contributed by atoms with van der Waals surface area (Å²) in [5.74, 6) is -0.0456. The number of hydrogen-bond donors (Lipinski definition) is 0. The lowest BCUT2D eigenvalue weighted by Gasteiger charge is -2.32. The van der Waals surface area contributed by atoms with E-state index in [9.17, 15) is 9.59 Å². The topological polar surface area (TPSA) is 49.7 Å². The Bertz CT molecular complexity index is 769. The molecule has 0 aromatic heterocycles. The largest absolute Gasteiger partial charge is 0.337 e.